The predicted molar refractivity (Wildman–Crippen MR) is 90.8 cm³/mol. The molecule has 2 aromatic rings. The van der Waals surface area contributed by atoms with E-state index in [1.165, 1.54) is 25.7 Å². The quantitative estimate of drug-likeness (QED) is 0.916. The monoisotopic (exact) mass is 298 g/mol. The van der Waals surface area contributed by atoms with Crippen LogP contribution in [0.4, 0.5) is 0 Å². The fourth-order valence-electron chi connectivity index (χ4n) is 3.40. The van der Waals surface area contributed by atoms with E-state index < -0.39 is 0 Å². The van der Waals surface area contributed by atoms with Gasteiger partial charge in [-0.2, -0.15) is 0 Å². The van der Waals surface area contributed by atoms with E-state index in [0.29, 0.717) is 12.6 Å². The zero-order chi connectivity index (χ0) is 15.5. The third kappa shape index (κ3) is 3.41. The molecular weight excluding hydrogens is 272 g/mol. The lowest BCUT2D eigenvalue weighted by atomic mass is 9.80. The Bertz CT molecular complexity index is 630. The number of hydrogen-bond acceptors (Lipinski definition) is 3. The Labute approximate surface area is 132 Å². The third-order valence-electron chi connectivity index (χ3n) is 4.89. The van der Waals surface area contributed by atoms with Crippen molar-refractivity contribution in [2.45, 2.75) is 52.2 Å². The van der Waals surface area contributed by atoms with Crippen LogP contribution in [0.5, 0.6) is 5.75 Å². The molecule has 0 aliphatic heterocycles. The summed E-state index contributed by atoms with van der Waals surface area (Å²) < 4.78 is 6.20. The number of pyridine rings is 1. The van der Waals surface area contributed by atoms with Crippen LogP contribution in [-0.4, -0.2) is 11.1 Å². The van der Waals surface area contributed by atoms with Gasteiger partial charge < -0.3 is 10.5 Å². The number of fused-ring (bicyclic) bond motifs is 1. The standard InChI is InChI=1S/C19H26N2O/c1-13(2)14-4-7-17(8-5-14)22-18-9-10-19-15(11-18)3-6-16(12-20)21-19/h3,6,9-11,13-14,17H,4-5,7-8,12,20H2,1-2H3. The molecule has 0 amide bonds. The van der Waals surface area contributed by atoms with Crippen molar-refractivity contribution in [3.63, 3.8) is 0 Å². The fourth-order valence-corrected chi connectivity index (χ4v) is 3.40. The molecule has 3 heteroatoms. The number of nitrogens with zero attached hydrogens (tertiary/aromatic N) is 1. The molecule has 3 nitrogen and oxygen atoms in total. The number of nitrogens with two attached hydrogens (primary N) is 1. The maximum absolute atomic E-state index is 6.20. The Balaban J connectivity index is 1.67. The molecule has 0 atom stereocenters. The molecule has 22 heavy (non-hydrogen) atoms. The fraction of sp³-hybridized carbons (Fsp3) is 0.526. The first-order valence-electron chi connectivity index (χ1n) is 8.42. The normalized spacial score (nSPS) is 22.2. The van der Waals surface area contributed by atoms with Crippen LogP contribution in [0.2, 0.25) is 0 Å². The SMILES string of the molecule is CC(C)C1CCC(Oc2ccc3nc(CN)ccc3c2)CC1. The Morgan fingerprint density at radius 3 is 2.59 bits per heavy atom. The molecule has 1 saturated carbocycles. The van der Waals surface area contributed by atoms with E-state index in [9.17, 15) is 0 Å². The minimum atomic E-state index is 0.365. The van der Waals surface area contributed by atoms with E-state index in [4.69, 9.17) is 10.5 Å². The summed E-state index contributed by atoms with van der Waals surface area (Å²) in [5, 5.41) is 1.12. The van der Waals surface area contributed by atoms with E-state index in [-0.39, 0.29) is 0 Å². The van der Waals surface area contributed by atoms with E-state index in [2.05, 4.69) is 31.0 Å². The molecule has 0 saturated heterocycles. The van der Waals surface area contributed by atoms with Crippen LogP contribution < -0.4 is 10.5 Å². The lowest BCUT2D eigenvalue weighted by Gasteiger charge is -2.31. The van der Waals surface area contributed by atoms with Crippen molar-refractivity contribution in [3.05, 3.63) is 36.0 Å². The van der Waals surface area contributed by atoms with Crippen LogP contribution in [0.3, 0.4) is 0 Å². The summed E-state index contributed by atoms with van der Waals surface area (Å²) in [6, 6.07) is 10.2. The maximum atomic E-state index is 6.20. The number of rotatable bonds is 4. The van der Waals surface area contributed by atoms with Gasteiger partial charge in [0, 0.05) is 11.9 Å². The average Bonchev–Trinajstić information content (AvgIpc) is 2.55. The Morgan fingerprint density at radius 1 is 1.14 bits per heavy atom. The van der Waals surface area contributed by atoms with Gasteiger partial charge in [0.25, 0.3) is 0 Å². The van der Waals surface area contributed by atoms with Crippen molar-refractivity contribution >= 4 is 10.9 Å². The van der Waals surface area contributed by atoms with Crippen molar-refractivity contribution < 1.29 is 4.74 Å². The van der Waals surface area contributed by atoms with Crippen LogP contribution in [-0.2, 0) is 6.54 Å². The highest BCUT2D eigenvalue weighted by Crippen LogP contribution is 2.32. The summed E-state index contributed by atoms with van der Waals surface area (Å²) in [6.07, 6.45) is 5.29. The Hall–Kier alpha value is -1.61. The van der Waals surface area contributed by atoms with Crippen LogP contribution in [0.25, 0.3) is 10.9 Å². The molecule has 118 valence electrons. The summed E-state index contributed by atoms with van der Waals surface area (Å²) in [5.41, 5.74) is 7.55. The second-order valence-corrected chi connectivity index (χ2v) is 6.76. The van der Waals surface area contributed by atoms with Gasteiger partial charge in [0.2, 0.25) is 0 Å². The summed E-state index contributed by atoms with van der Waals surface area (Å²) in [4.78, 5) is 4.53. The summed E-state index contributed by atoms with van der Waals surface area (Å²) >= 11 is 0. The third-order valence-corrected chi connectivity index (χ3v) is 4.89. The van der Waals surface area contributed by atoms with Crippen LogP contribution in [0.15, 0.2) is 30.3 Å². The lowest BCUT2D eigenvalue weighted by molar-refractivity contribution is 0.117. The second-order valence-electron chi connectivity index (χ2n) is 6.76. The highest BCUT2D eigenvalue weighted by atomic mass is 16.5. The number of aromatic nitrogens is 1. The minimum absolute atomic E-state index is 0.365. The van der Waals surface area contributed by atoms with Gasteiger partial charge in [-0.1, -0.05) is 19.9 Å². The predicted octanol–water partition coefficient (Wildman–Crippen LogP) is 4.29. The molecule has 1 heterocycles. The van der Waals surface area contributed by atoms with Gasteiger partial charge in [0.1, 0.15) is 5.75 Å². The molecule has 0 unspecified atom stereocenters. The van der Waals surface area contributed by atoms with Crippen LogP contribution in [0.1, 0.15) is 45.2 Å². The van der Waals surface area contributed by atoms with E-state index in [1.54, 1.807) is 0 Å². The van der Waals surface area contributed by atoms with Gasteiger partial charge in [-0.15, -0.1) is 0 Å². The van der Waals surface area contributed by atoms with E-state index in [1.807, 2.05) is 18.2 Å². The second kappa shape index (κ2) is 6.66. The van der Waals surface area contributed by atoms with Gasteiger partial charge in [-0.05, 0) is 61.8 Å². The summed E-state index contributed by atoms with van der Waals surface area (Å²) in [7, 11) is 0. The van der Waals surface area contributed by atoms with Crippen LogP contribution >= 0.6 is 0 Å². The molecule has 0 spiro atoms. The topological polar surface area (TPSA) is 48.1 Å². The molecule has 1 fully saturated rings. The van der Waals surface area contributed by atoms with Gasteiger partial charge in [0.05, 0.1) is 17.3 Å². The van der Waals surface area contributed by atoms with Crippen molar-refractivity contribution in [2.75, 3.05) is 0 Å². The van der Waals surface area contributed by atoms with E-state index in [0.717, 1.165) is 34.2 Å². The maximum Gasteiger partial charge on any atom is 0.120 e. The van der Waals surface area contributed by atoms with Crippen LogP contribution in [0, 0.1) is 11.8 Å². The first-order valence-corrected chi connectivity index (χ1v) is 8.42. The molecule has 1 aromatic heterocycles. The average molecular weight is 298 g/mol. The highest BCUT2D eigenvalue weighted by molar-refractivity contribution is 5.80. The van der Waals surface area contributed by atoms with Crippen molar-refractivity contribution in [2.24, 2.45) is 17.6 Å². The molecular formula is C19H26N2O. The van der Waals surface area contributed by atoms with Crippen molar-refractivity contribution in [1.29, 1.82) is 0 Å². The minimum Gasteiger partial charge on any atom is -0.490 e. The Kier molecular flexibility index (Phi) is 4.63. The first kappa shape index (κ1) is 15.3. The number of benzene rings is 1. The van der Waals surface area contributed by atoms with E-state index >= 15 is 0 Å². The van der Waals surface area contributed by atoms with Gasteiger partial charge in [-0.25, -0.2) is 0 Å². The zero-order valence-corrected chi connectivity index (χ0v) is 13.6. The molecule has 1 aromatic carbocycles. The first-order chi connectivity index (χ1) is 10.7. The van der Waals surface area contributed by atoms with Crippen molar-refractivity contribution in [3.8, 4) is 5.75 Å². The van der Waals surface area contributed by atoms with Crippen molar-refractivity contribution in [1.82, 2.24) is 4.98 Å². The number of ether oxygens (including phenoxy) is 1. The summed E-state index contributed by atoms with van der Waals surface area (Å²) in [5.74, 6) is 2.63. The van der Waals surface area contributed by atoms with Gasteiger partial charge >= 0.3 is 0 Å². The van der Waals surface area contributed by atoms with Gasteiger partial charge in [0.15, 0.2) is 0 Å². The molecule has 1 aliphatic carbocycles. The highest BCUT2D eigenvalue weighted by Gasteiger charge is 2.24. The lowest BCUT2D eigenvalue weighted by Crippen LogP contribution is -2.26. The molecule has 0 radical (unpaired) electrons. The molecule has 1 aliphatic rings. The molecule has 0 bridgehead atoms. The Morgan fingerprint density at radius 2 is 1.91 bits per heavy atom. The number of hydrogen-bond donors (Lipinski definition) is 1. The smallest absolute Gasteiger partial charge is 0.120 e. The zero-order valence-electron chi connectivity index (χ0n) is 13.6. The van der Waals surface area contributed by atoms with Gasteiger partial charge in [-0.3, -0.25) is 4.98 Å². The molecule has 2 N–H and O–H groups in total. The molecule has 3 rings (SSSR count). The summed E-state index contributed by atoms with van der Waals surface area (Å²) in [6.45, 7) is 5.14. The largest absolute Gasteiger partial charge is 0.490 e.